The first-order valence-corrected chi connectivity index (χ1v) is 7.80. The molecular formula is C11H24N2O2S. The molecule has 0 bridgehead atoms. The number of nitrogens with two attached hydrogens (primary N) is 1. The smallest absolute Gasteiger partial charge is 0.211 e. The average Bonchev–Trinajstić information content (AvgIpc) is 2.25. The minimum Gasteiger partial charge on any atom is -0.330 e. The van der Waals surface area contributed by atoms with Crippen LogP contribution >= 0.6 is 0 Å². The fourth-order valence-electron chi connectivity index (χ4n) is 2.21. The molecule has 1 fully saturated rings. The summed E-state index contributed by atoms with van der Waals surface area (Å²) >= 11 is 0. The minimum atomic E-state index is -3.11. The van der Waals surface area contributed by atoms with E-state index in [0.717, 1.165) is 12.8 Å². The molecule has 4 nitrogen and oxygen atoms in total. The summed E-state index contributed by atoms with van der Waals surface area (Å²) in [6.45, 7) is 3.19. The van der Waals surface area contributed by atoms with Gasteiger partial charge in [-0.3, -0.25) is 0 Å². The van der Waals surface area contributed by atoms with E-state index in [4.69, 9.17) is 5.73 Å². The largest absolute Gasteiger partial charge is 0.330 e. The number of hydrogen-bond acceptors (Lipinski definition) is 3. The molecule has 1 aliphatic rings. The van der Waals surface area contributed by atoms with Gasteiger partial charge in [0.05, 0.1) is 5.75 Å². The number of rotatable bonds is 6. The van der Waals surface area contributed by atoms with Crippen LogP contribution in [-0.4, -0.2) is 27.3 Å². The predicted molar refractivity (Wildman–Crippen MR) is 66.7 cm³/mol. The Morgan fingerprint density at radius 2 is 1.88 bits per heavy atom. The Bertz CT molecular complexity index is 295. The molecule has 1 rings (SSSR count). The third-order valence-corrected chi connectivity index (χ3v) is 4.81. The summed E-state index contributed by atoms with van der Waals surface area (Å²) in [5.41, 5.74) is 5.47. The van der Waals surface area contributed by atoms with Gasteiger partial charge in [-0.2, -0.15) is 0 Å². The molecule has 0 heterocycles. The molecule has 3 N–H and O–H groups in total. The summed E-state index contributed by atoms with van der Waals surface area (Å²) < 4.78 is 25.9. The zero-order valence-electron chi connectivity index (χ0n) is 10.2. The molecule has 96 valence electrons. The molecule has 0 spiro atoms. The zero-order valence-corrected chi connectivity index (χ0v) is 11.0. The van der Waals surface area contributed by atoms with Crippen molar-refractivity contribution in [1.29, 1.82) is 0 Å². The lowest BCUT2D eigenvalue weighted by Gasteiger charge is -2.33. The molecule has 0 aromatic rings. The average molecular weight is 248 g/mol. The van der Waals surface area contributed by atoms with Crippen LogP contribution in [0.3, 0.4) is 0 Å². The highest BCUT2D eigenvalue weighted by Crippen LogP contribution is 2.35. The Balaban J connectivity index is 2.37. The van der Waals surface area contributed by atoms with Crippen LogP contribution in [0.4, 0.5) is 0 Å². The second-order valence-corrected chi connectivity index (χ2v) is 7.08. The summed E-state index contributed by atoms with van der Waals surface area (Å²) in [6, 6.07) is 0. The fourth-order valence-corrected chi connectivity index (χ4v) is 3.47. The standard InChI is InChI=1S/C11H24N2O2S/c1-11(6-3-2-4-7-11)10-13-16(14,15)9-5-8-12/h13H,2-10,12H2,1H3. The van der Waals surface area contributed by atoms with Crippen LogP contribution in [0, 0.1) is 5.41 Å². The number of hydrogen-bond donors (Lipinski definition) is 2. The summed E-state index contributed by atoms with van der Waals surface area (Å²) in [4.78, 5) is 0. The van der Waals surface area contributed by atoms with E-state index in [1.54, 1.807) is 0 Å². The van der Waals surface area contributed by atoms with Crippen LogP contribution < -0.4 is 10.5 Å². The highest BCUT2D eigenvalue weighted by Gasteiger charge is 2.27. The maximum atomic E-state index is 11.6. The summed E-state index contributed by atoms with van der Waals surface area (Å²) in [6.07, 6.45) is 6.53. The third kappa shape index (κ3) is 4.80. The summed E-state index contributed by atoms with van der Waals surface area (Å²) in [5, 5.41) is 0. The molecule has 0 saturated heterocycles. The molecule has 0 atom stereocenters. The van der Waals surface area contributed by atoms with Crippen LogP contribution in [0.1, 0.15) is 45.4 Å². The molecule has 16 heavy (non-hydrogen) atoms. The monoisotopic (exact) mass is 248 g/mol. The van der Waals surface area contributed by atoms with Crippen molar-refractivity contribution in [3.8, 4) is 0 Å². The molecule has 1 saturated carbocycles. The van der Waals surface area contributed by atoms with E-state index in [-0.39, 0.29) is 11.2 Å². The SMILES string of the molecule is CC1(CNS(=O)(=O)CCCN)CCCCC1. The molecule has 1 aliphatic carbocycles. The van der Waals surface area contributed by atoms with Crippen LogP contribution in [0.15, 0.2) is 0 Å². The number of nitrogens with one attached hydrogen (secondary N) is 1. The molecule has 0 amide bonds. The van der Waals surface area contributed by atoms with Crippen molar-refractivity contribution >= 4 is 10.0 Å². The van der Waals surface area contributed by atoms with Gasteiger partial charge in [0, 0.05) is 6.54 Å². The Hall–Kier alpha value is -0.130. The Morgan fingerprint density at radius 1 is 1.25 bits per heavy atom. The summed E-state index contributed by atoms with van der Waals surface area (Å²) in [5.74, 6) is 0.152. The van der Waals surface area contributed by atoms with Crippen molar-refractivity contribution in [3.05, 3.63) is 0 Å². The Kier molecular flexibility index (Phi) is 5.21. The van der Waals surface area contributed by atoms with Gasteiger partial charge in [0.1, 0.15) is 0 Å². The van der Waals surface area contributed by atoms with Gasteiger partial charge in [-0.1, -0.05) is 26.2 Å². The van der Waals surface area contributed by atoms with Gasteiger partial charge in [0.2, 0.25) is 10.0 Å². The zero-order chi connectivity index (χ0) is 12.1. The van der Waals surface area contributed by atoms with Gasteiger partial charge in [-0.15, -0.1) is 0 Å². The van der Waals surface area contributed by atoms with Crippen molar-refractivity contribution in [3.63, 3.8) is 0 Å². The van der Waals surface area contributed by atoms with E-state index < -0.39 is 10.0 Å². The third-order valence-electron chi connectivity index (χ3n) is 3.40. The van der Waals surface area contributed by atoms with Gasteiger partial charge < -0.3 is 5.73 Å². The molecule has 0 unspecified atom stereocenters. The maximum absolute atomic E-state index is 11.6. The van der Waals surface area contributed by atoms with E-state index in [9.17, 15) is 8.42 Å². The molecule has 0 aromatic carbocycles. The van der Waals surface area contributed by atoms with Gasteiger partial charge in [-0.25, -0.2) is 13.1 Å². The number of sulfonamides is 1. The topological polar surface area (TPSA) is 72.2 Å². The lowest BCUT2D eigenvalue weighted by molar-refractivity contribution is 0.219. The van der Waals surface area contributed by atoms with E-state index in [2.05, 4.69) is 11.6 Å². The van der Waals surface area contributed by atoms with Crippen LogP contribution in [0.25, 0.3) is 0 Å². The first kappa shape index (κ1) is 13.9. The van der Waals surface area contributed by atoms with Gasteiger partial charge >= 0.3 is 0 Å². The molecule has 0 radical (unpaired) electrons. The van der Waals surface area contributed by atoms with Crippen LogP contribution in [-0.2, 0) is 10.0 Å². The molecule has 0 aromatic heterocycles. The summed E-state index contributed by atoms with van der Waals surface area (Å²) in [7, 11) is -3.11. The van der Waals surface area contributed by atoms with Crippen LogP contribution in [0.5, 0.6) is 0 Å². The van der Waals surface area contributed by atoms with Crippen LogP contribution in [0.2, 0.25) is 0 Å². The predicted octanol–water partition coefficient (Wildman–Crippen LogP) is 1.22. The maximum Gasteiger partial charge on any atom is 0.211 e. The Labute approximate surface area is 99.0 Å². The molecular weight excluding hydrogens is 224 g/mol. The van der Waals surface area contributed by atoms with Crippen molar-refractivity contribution in [2.24, 2.45) is 11.1 Å². The van der Waals surface area contributed by atoms with Crippen molar-refractivity contribution in [1.82, 2.24) is 4.72 Å². The van der Waals surface area contributed by atoms with Crippen molar-refractivity contribution in [2.75, 3.05) is 18.8 Å². The van der Waals surface area contributed by atoms with E-state index in [1.807, 2.05) is 0 Å². The van der Waals surface area contributed by atoms with Crippen molar-refractivity contribution in [2.45, 2.75) is 45.4 Å². The normalized spacial score (nSPS) is 20.9. The second kappa shape index (κ2) is 5.98. The second-order valence-electron chi connectivity index (χ2n) is 5.15. The van der Waals surface area contributed by atoms with Crippen molar-refractivity contribution < 1.29 is 8.42 Å². The van der Waals surface area contributed by atoms with Gasteiger partial charge in [-0.05, 0) is 31.2 Å². The lowest BCUT2D eigenvalue weighted by Crippen LogP contribution is -2.38. The first-order chi connectivity index (χ1) is 7.47. The van der Waals surface area contributed by atoms with Gasteiger partial charge in [0.15, 0.2) is 0 Å². The highest BCUT2D eigenvalue weighted by atomic mass is 32.2. The quantitative estimate of drug-likeness (QED) is 0.742. The fraction of sp³-hybridized carbons (Fsp3) is 1.00. The lowest BCUT2D eigenvalue weighted by atomic mass is 9.76. The van der Waals surface area contributed by atoms with Gasteiger partial charge in [0.25, 0.3) is 0 Å². The molecule has 0 aliphatic heterocycles. The highest BCUT2D eigenvalue weighted by molar-refractivity contribution is 7.89. The molecule has 5 heteroatoms. The van der Waals surface area contributed by atoms with E-state index in [0.29, 0.717) is 19.5 Å². The van der Waals surface area contributed by atoms with E-state index >= 15 is 0 Å². The van der Waals surface area contributed by atoms with E-state index in [1.165, 1.54) is 19.3 Å². The first-order valence-electron chi connectivity index (χ1n) is 6.15. The Morgan fingerprint density at radius 3 is 2.44 bits per heavy atom. The minimum absolute atomic E-state index is 0.152.